The Bertz CT molecular complexity index is 683. The molecular formula is C18H25N3O6. The zero-order valence-corrected chi connectivity index (χ0v) is 15.8. The Morgan fingerprint density at radius 2 is 1.96 bits per heavy atom. The SMILES string of the molecule is CC(C)(C)OC(=O)N1CCC(CNC(=O)OCc2ccc([N+](=O)[O-])cc2)C1. The van der Waals surface area contributed by atoms with Gasteiger partial charge < -0.3 is 19.7 Å². The maximum Gasteiger partial charge on any atom is 0.410 e. The van der Waals surface area contributed by atoms with Crippen molar-refractivity contribution in [1.82, 2.24) is 10.2 Å². The molecule has 1 fully saturated rings. The van der Waals surface area contributed by atoms with Gasteiger partial charge in [0.05, 0.1) is 4.92 Å². The molecule has 0 aromatic heterocycles. The molecule has 0 saturated carbocycles. The molecule has 0 radical (unpaired) electrons. The second-order valence-corrected chi connectivity index (χ2v) is 7.46. The van der Waals surface area contributed by atoms with Gasteiger partial charge in [0.15, 0.2) is 0 Å². The van der Waals surface area contributed by atoms with Crippen LogP contribution in [0.25, 0.3) is 0 Å². The molecule has 1 heterocycles. The molecule has 2 amide bonds. The molecule has 0 aliphatic carbocycles. The largest absolute Gasteiger partial charge is 0.445 e. The second kappa shape index (κ2) is 8.70. The van der Waals surface area contributed by atoms with Gasteiger partial charge in [0.25, 0.3) is 5.69 Å². The van der Waals surface area contributed by atoms with Crippen molar-refractivity contribution in [2.45, 2.75) is 39.4 Å². The maximum absolute atomic E-state index is 12.0. The van der Waals surface area contributed by atoms with Crippen LogP contribution in [0.3, 0.4) is 0 Å². The van der Waals surface area contributed by atoms with E-state index in [1.54, 1.807) is 17.0 Å². The van der Waals surface area contributed by atoms with Gasteiger partial charge in [-0.1, -0.05) is 0 Å². The van der Waals surface area contributed by atoms with Gasteiger partial charge in [-0.15, -0.1) is 0 Å². The summed E-state index contributed by atoms with van der Waals surface area (Å²) in [7, 11) is 0. The van der Waals surface area contributed by atoms with Crippen LogP contribution in [-0.4, -0.2) is 47.2 Å². The van der Waals surface area contributed by atoms with Crippen LogP contribution in [-0.2, 0) is 16.1 Å². The van der Waals surface area contributed by atoms with E-state index in [9.17, 15) is 19.7 Å². The fraction of sp³-hybridized carbons (Fsp3) is 0.556. The molecule has 1 saturated heterocycles. The smallest absolute Gasteiger partial charge is 0.410 e. The lowest BCUT2D eigenvalue weighted by molar-refractivity contribution is -0.384. The van der Waals surface area contributed by atoms with Gasteiger partial charge in [0, 0.05) is 31.8 Å². The van der Waals surface area contributed by atoms with Crippen LogP contribution in [0.1, 0.15) is 32.8 Å². The summed E-state index contributed by atoms with van der Waals surface area (Å²) in [5, 5.41) is 13.3. The lowest BCUT2D eigenvalue weighted by Crippen LogP contribution is -2.36. The highest BCUT2D eigenvalue weighted by Gasteiger charge is 2.29. The molecule has 148 valence electrons. The van der Waals surface area contributed by atoms with Gasteiger partial charge in [0.1, 0.15) is 12.2 Å². The first kappa shape index (κ1) is 20.5. The maximum atomic E-state index is 12.0. The summed E-state index contributed by atoms with van der Waals surface area (Å²) in [5.41, 5.74) is 0.112. The quantitative estimate of drug-likeness (QED) is 0.622. The fourth-order valence-electron chi connectivity index (χ4n) is 2.63. The van der Waals surface area contributed by atoms with E-state index < -0.39 is 16.6 Å². The number of carbonyl (C=O) groups is 2. The van der Waals surface area contributed by atoms with E-state index in [1.165, 1.54) is 12.1 Å². The van der Waals surface area contributed by atoms with Crippen LogP contribution in [0.5, 0.6) is 0 Å². The van der Waals surface area contributed by atoms with Crippen molar-refractivity contribution in [3.8, 4) is 0 Å². The Morgan fingerprint density at radius 1 is 1.30 bits per heavy atom. The Kier molecular flexibility index (Phi) is 6.59. The van der Waals surface area contributed by atoms with E-state index in [4.69, 9.17) is 9.47 Å². The molecule has 9 heteroatoms. The van der Waals surface area contributed by atoms with E-state index in [-0.39, 0.29) is 24.3 Å². The Labute approximate surface area is 157 Å². The predicted octanol–water partition coefficient (Wildman–Crippen LogP) is 3.08. The Hall–Kier alpha value is -2.84. The zero-order valence-electron chi connectivity index (χ0n) is 15.8. The number of nitrogens with zero attached hydrogens (tertiary/aromatic N) is 2. The van der Waals surface area contributed by atoms with Crippen molar-refractivity contribution in [3.63, 3.8) is 0 Å². The van der Waals surface area contributed by atoms with Crippen LogP contribution in [0.15, 0.2) is 24.3 Å². The number of nitro groups is 1. The fourth-order valence-corrected chi connectivity index (χ4v) is 2.63. The third-order valence-corrected chi connectivity index (χ3v) is 3.99. The highest BCUT2D eigenvalue weighted by atomic mass is 16.6. The van der Waals surface area contributed by atoms with Gasteiger partial charge in [-0.05, 0) is 50.8 Å². The van der Waals surface area contributed by atoms with E-state index in [0.29, 0.717) is 25.2 Å². The molecule has 0 spiro atoms. The molecule has 1 N–H and O–H groups in total. The summed E-state index contributed by atoms with van der Waals surface area (Å²) in [6.45, 7) is 7.01. The van der Waals surface area contributed by atoms with Crippen molar-refractivity contribution in [1.29, 1.82) is 0 Å². The number of benzene rings is 1. The number of non-ortho nitro benzene ring substituents is 1. The number of nitrogens with one attached hydrogen (secondary N) is 1. The van der Waals surface area contributed by atoms with E-state index in [1.807, 2.05) is 20.8 Å². The third kappa shape index (κ3) is 6.76. The molecule has 1 aliphatic heterocycles. The predicted molar refractivity (Wildman–Crippen MR) is 97.2 cm³/mol. The molecule has 9 nitrogen and oxygen atoms in total. The molecule has 1 atom stereocenters. The lowest BCUT2D eigenvalue weighted by atomic mass is 10.1. The van der Waals surface area contributed by atoms with Gasteiger partial charge in [-0.25, -0.2) is 9.59 Å². The Balaban J connectivity index is 1.68. The van der Waals surface area contributed by atoms with Crippen molar-refractivity contribution in [2.24, 2.45) is 5.92 Å². The minimum Gasteiger partial charge on any atom is -0.445 e. The van der Waals surface area contributed by atoms with Gasteiger partial charge in [-0.3, -0.25) is 10.1 Å². The molecular weight excluding hydrogens is 354 g/mol. The summed E-state index contributed by atoms with van der Waals surface area (Å²) in [4.78, 5) is 35.6. The van der Waals surface area contributed by atoms with Gasteiger partial charge in [-0.2, -0.15) is 0 Å². The number of hydrogen-bond donors (Lipinski definition) is 1. The standard InChI is InChI=1S/C18H25N3O6/c1-18(2,3)27-17(23)20-9-8-14(11-20)10-19-16(22)26-12-13-4-6-15(7-5-13)21(24)25/h4-7,14H,8-12H2,1-3H3,(H,19,22). The normalized spacial score (nSPS) is 16.7. The average Bonchev–Trinajstić information content (AvgIpc) is 3.06. The first-order valence-electron chi connectivity index (χ1n) is 8.76. The van der Waals surface area contributed by atoms with Crippen molar-refractivity contribution in [3.05, 3.63) is 39.9 Å². The zero-order chi connectivity index (χ0) is 20.0. The number of rotatable bonds is 5. The van der Waals surface area contributed by atoms with Crippen LogP contribution in [0.4, 0.5) is 15.3 Å². The van der Waals surface area contributed by atoms with Crippen LogP contribution in [0.2, 0.25) is 0 Å². The highest BCUT2D eigenvalue weighted by molar-refractivity contribution is 5.69. The lowest BCUT2D eigenvalue weighted by Gasteiger charge is -2.24. The molecule has 1 unspecified atom stereocenters. The number of ether oxygens (including phenoxy) is 2. The monoisotopic (exact) mass is 379 g/mol. The van der Waals surface area contributed by atoms with Crippen LogP contribution >= 0.6 is 0 Å². The number of alkyl carbamates (subject to hydrolysis) is 1. The van der Waals surface area contributed by atoms with E-state index in [2.05, 4.69) is 5.32 Å². The molecule has 2 rings (SSSR count). The number of amides is 2. The second-order valence-electron chi connectivity index (χ2n) is 7.46. The first-order valence-corrected chi connectivity index (χ1v) is 8.76. The molecule has 1 aromatic rings. The van der Waals surface area contributed by atoms with Crippen LogP contribution in [0, 0.1) is 16.0 Å². The topological polar surface area (TPSA) is 111 Å². The van der Waals surface area contributed by atoms with E-state index in [0.717, 1.165) is 6.42 Å². The summed E-state index contributed by atoms with van der Waals surface area (Å²) in [6.07, 6.45) is -0.128. The number of hydrogen-bond acceptors (Lipinski definition) is 6. The average molecular weight is 379 g/mol. The van der Waals surface area contributed by atoms with Crippen molar-refractivity contribution < 1.29 is 24.0 Å². The van der Waals surface area contributed by atoms with Gasteiger partial charge in [0.2, 0.25) is 0 Å². The highest BCUT2D eigenvalue weighted by Crippen LogP contribution is 2.19. The molecule has 1 aliphatic rings. The Morgan fingerprint density at radius 3 is 2.56 bits per heavy atom. The number of likely N-dealkylation sites (tertiary alicyclic amines) is 1. The number of nitro benzene ring substituents is 1. The van der Waals surface area contributed by atoms with Crippen molar-refractivity contribution in [2.75, 3.05) is 19.6 Å². The minimum atomic E-state index is -0.566. The molecule has 0 bridgehead atoms. The molecule has 1 aromatic carbocycles. The minimum absolute atomic E-state index is 0.0148. The first-order chi connectivity index (χ1) is 12.6. The van der Waals surface area contributed by atoms with Gasteiger partial charge >= 0.3 is 12.2 Å². The van der Waals surface area contributed by atoms with Crippen molar-refractivity contribution >= 4 is 17.9 Å². The summed E-state index contributed by atoms with van der Waals surface area (Å²) >= 11 is 0. The van der Waals surface area contributed by atoms with Crippen LogP contribution < -0.4 is 5.32 Å². The molecule has 27 heavy (non-hydrogen) atoms. The summed E-state index contributed by atoms with van der Waals surface area (Å²) in [6, 6.07) is 5.81. The third-order valence-electron chi connectivity index (χ3n) is 3.99. The number of carbonyl (C=O) groups excluding carboxylic acids is 2. The summed E-state index contributed by atoms with van der Waals surface area (Å²) in [5.74, 6) is 0.143. The van der Waals surface area contributed by atoms with E-state index >= 15 is 0 Å². The summed E-state index contributed by atoms with van der Waals surface area (Å²) < 4.78 is 10.4.